The second-order valence-electron chi connectivity index (χ2n) is 9.93. The molecule has 5 heterocycles. The molecule has 2 aromatic rings. The average molecular weight is 560 g/mol. The molecular formula is C31H34N4O2Zn. The van der Waals surface area contributed by atoms with Crippen LogP contribution in [0.25, 0.3) is 12.2 Å². The van der Waals surface area contributed by atoms with Crippen LogP contribution in [0.5, 0.6) is 0 Å². The van der Waals surface area contributed by atoms with Gasteiger partial charge in [-0.1, -0.05) is 49.3 Å². The van der Waals surface area contributed by atoms with E-state index in [0.717, 1.165) is 76.0 Å². The van der Waals surface area contributed by atoms with Gasteiger partial charge in [0, 0.05) is 17.8 Å². The van der Waals surface area contributed by atoms with Gasteiger partial charge in [0.15, 0.2) is 0 Å². The zero-order valence-corrected chi connectivity index (χ0v) is 26.3. The largest absolute Gasteiger partial charge is 2.00 e. The van der Waals surface area contributed by atoms with E-state index < -0.39 is 0 Å². The van der Waals surface area contributed by atoms with Gasteiger partial charge in [-0.3, -0.25) is 14.8 Å². The summed E-state index contributed by atoms with van der Waals surface area (Å²) < 4.78 is 4.90. The van der Waals surface area contributed by atoms with Crippen LogP contribution in [0.2, 0.25) is 0 Å². The minimum absolute atomic E-state index is 0. The third-order valence-corrected chi connectivity index (χ3v) is 7.80. The van der Waals surface area contributed by atoms with Gasteiger partial charge >= 0.3 is 25.4 Å². The molecule has 0 saturated heterocycles. The average Bonchev–Trinajstić information content (AvgIpc) is 3.60. The van der Waals surface area contributed by atoms with Crippen molar-refractivity contribution in [1.29, 1.82) is 0 Å². The zero-order chi connectivity index (χ0) is 26.3. The quantitative estimate of drug-likeness (QED) is 0.340. The standard InChI is InChI=1S/C31H34N4O2.Zn/c1-7-22-17(3)25-13-20-9-10-21(32-20)14-28-24(11-12-31(36)37-6)19(5)27(34-28)15-26-18(4)23(8-2)30(35-26)16-29(22)33-25;/h9-10,13,15H,7-8,11-12,14,16H2,1-6H3;/q-2;+2. The molecule has 38 heavy (non-hydrogen) atoms. The van der Waals surface area contributed by atoms with Crippen LogP contribution in [0, 0.1) is 6.92 Å². The number of carbonyl (C=O) groups excluding carboxylic acids is 1. The predicted molar refractivity (Wildman–Crippen MR) is 149 cm³/mol. The number of esters is 1. The first-order chi connectivity index (χ1) is 17.8. The maximum absolute atomic E-state index is 11.9. The number of allylic oxidation sites excluding steroid dienone is 4. The van der Waals surface area contributed by atoms with Crippen LogP contribution in [-0.2, 0) is 48.3 Å². The minimum Gasteiger partial charge on any atom is -0.661 e. The number of rotatable bonds is 5. The minimum atomic E-state index is -0.215. The number of methoxy groups -OCH3 is 1. The Bertz CT molecular complexity index is 1470. The van der Waals surface area contributed by atoms with Crippen molar-refractivity contribution in [3.8, 4) is 0 Å². The van der Waals surface area contributed by atoms with Gasteiger partial charge in [-0.2, -0.15) is 5.69 Å². The predicted octanol–water partition coefficient (Wildman–Crippen LogP) is 5.86. The molecule has 5 rings (SSSR count). The maximum Gasteiger partial charge on any atom is 2.00 e. The van der Waals surface area contributed by atoms with E-state index in [4.69, 9.17) is 24.7 Å². The molecule has 6 nitrogen and oxygen atoms in total. The topological polar surface area (TPSA) is 79.2 Å². The molecular weight excluding hydrogens is 526 g/mol. The molecule has 0 amide bonds. The Morgan fingerprint density at radius 2 is 1.61 bits per heavy atom. The summed E-state index contributed by atoms with van der Waals surface area (Å²) in [4.78, 5) is 32.1. The van der Waals surface area contributed by atoms with Gasteiger partial charge in [-0.25, -0.2) is 0 Å². The molecule has 2 aromatic heterocycles. The summed E-state index contributed by atoms with van der Waals surface area (Å²) in [5.41, 5.74) is 15.1. The summed E-state index contributed by atoms with van der Waals surface area (Å²) in [6.07, 6.45) is 8.30. The number of fused-ring (bicyclic) bond motifs is 6. The molecule has 0 fully saturated rings. The van der Waals surface area contributed by atoms with Gasteiger partial charge < -0.3 is 14.7 Å². The summed E-state index contributed by atoms with van der Waals surface area (Å²) >= 11 is 0. The van der Waals surface area contributed by atoms with Crippen molar-refractivity contribution >= 4 is 29.5 Å². The van der Waals surface area contributed by atoms with E-state index in [0.29, 0.717) is 19.3 Å². The van der Waals surface area contributed by atoms with Crippen LogP contribution in [0.15, 0.2) is 55.8 Å². The van der Waals surface area contributed by atoms with Gasteiger partial charge in [0.25, 0.3) is 0 Å². The summed E-state index contributed by atoms with van der Waals surface area (Å²) in [5.74, 6) is -0.215. The Morgan fingerprint density at radius 1 is 0.921 bits per heavy atom. The normalized spacial score (nSPS) is 19.4. The van der Waals surface area contributed by atoms with E-state index in [-0.39, 0.29) is 25.4 Å². The number of aliphatic imine (C=N–C) groups is 2. The second kappa shape index (κ2) is 11.4. The van der Waals surface area contributed by atoms with E-state index in [1.54, 1.807) is 0 Å². The molecule has 192 valence electrons. The molecule has 3 aliphatic heterocycles. The van der Waals surface area contributed by atoms with Crippen molar-refractivity contribution < 1.29 is 29.0 Å². The molecule has 0 aromatic carbocycles. The van der Waals surface area contributed by atoms with E-state index in [2.05, 4.69) is 52.8 Å². The second-order valence-corrected chi connectivity index (χ2v) is 9.93. The Hall–Kier alpha value is -3.05. The summed E-state index contributed by atoms with van der Waals surface area (Å²) in [5, 5.41) is 0. The van der Waals surface area contributed by atoms with Crippen molar-refractivity contribution in [2.45, 2.75) is 73.1 Å². The van der Waals surface area contributed by atoms with Gasteiger partial charge in [0.05, 0.1) is 18.5 Å². The molecule has 0 spiro atoms. The molecule has 0 saturated carbocycles. The SMILES string of the molecule is CCC1=C(C)/C2=C/c3ccc([n-]3)CC3=N/C(=C\c4[n-]c(c(CC)c4C)CC1=N2)C(C)=C3CCC(=O)OC.[Zn+2]. The number of hydrogen-bond acceptors (Lipinski definition) is 4. The monoisotopic (exact) mass is 558 g/mol. The third kappa shape index (κ3) is 5.13. The van der Waals surface area contributed by atoms with Gasteiger partial charge in [-0.05, 0) is 75.2 Å². The number of nitrogens with zero attached hydrogens (tertiary/aromatic N) is 4. The van der Waals surface area contributed by atoms with E-state index in [1.165, 1.54) is 29.4 Å². The number of hydrogen-bond donors (Lipinski definition) is 0. The fourth-order valence-electron chi connectivity index (χ4n) is 5.66. The van der Waals surface area contributed by atoms with Gasteiger partial charge in [0.1, 0.15) is 0 Å². The fraction of sp³-hybridized carbons (Fsp3) is 0.387. The van der Waals surface area contributed by atoms with E-state index in [9.17, 15) is 4.79 Å². The van der Waals surface area contributed by atoms with Crippen LogP contribution in [0.4, 0.5) is 0 Å². The first kappa shape index (κ1) is 28.0. The molecule has 3 aliphatic rings. The van der Waals surface area contributed by atoms with Crippen molar-refractivity contribution in [2.75, 3.05) is 7.11 Å². The first-order valence-electron chi connectivity index (χ1n) is 13.2. The van der Waals surface area contributed by atoms with Crippen molar-refractivity contribution in [1.82, 2.24) is 9.97 Å². The van der Waals surface area contributed by atoms with Crippen LogP contribution >= 0.6 is 0 Å². The summed E-state index contributed by atoms with van der Waals surface area (Å²) in [6.45, 7) is 10.8. The third-order valence-electron chi connectivity index (χ3n) is 7.80. The number of carbonyl (C=O) groups is 1. The molecule has 8 bridgehead atoms. The zero-order valence-electron chi connectivity index (χ0n) is 23.4. The van der Waals surface area contributed by atoms with E-state index >= 15 is 0 Å². The Morgan fingerprint density at radius 3 is 2.29 bits per heavy atom. The number of ether oxygens (including phenoxy) is 1. The summed E-state index contributed by atoms with van der Waals surface area (Å²) in [7, 11) is 1.43. The fourth-order valence-corrected chi connectivity index (χ4v) is 5.66. The molecule has 0 unspecified atom stereocenters. The molecule has 7 heteroatoms. The maximum atomic E-state index is 11.9. The van der Waals surface area contributed by atoms with Gasteiger partial charge in [-0.15, -0.1) is 17.1 Å². The van der Waals surface area contributed by atoms with Crippen LogP contribution < -0.4 is 9.97 Å². The van der Waals surface area contributed by atoms with Crippen molar-refractivity contribution in [3.63, 3.8) is 0 Å². The van der Waals surface area contributed by atoms with Crippen LogP contribution in [0.3, 0.4) is 0 Å². The molecule has 0 atom stereocenters. The molecule has 0 radical (unpaired) electrons. The van der Waals surface area contributed by atoms with Crippen LogP contribution in [0.1, 0.15) is 80.9 Å². The van der Waals surface area contributed by atoms with Crippen molar-refractivity contribution in [3.05, 3.63) is 79.7 Å². The van der Waals surface area contributed by atoms with Gasteiger partial charge in [0.2, 0.25) is 0 Å². The Labute approximate surface area is 237 Å². The molecule has 0 aliphatic carbocycles. The Kier molecular flexibility index (Phi) is 8.37. The summed E-state index contributed by atoms with van der Waals surface area (Å²) in [6, 6.07) is 4.11. The first-order valence-corrected chi connectivity index (χ1v) is 13.2. The Balaban J connectivity index is 0.00000336. The molecule has 0 N–H and O–H groups in total. The van der Waals surface area contributed by atoms with E-state index in [1.807, 2.05) is 6.07 Å². The number of aromatic nitrogens is 2. The van der Waals surface area contributed by atoms with Crippen molar-refractivity contribution in [2.24, 2.45) is 9.98 Å². The smallest absolute Gasteiger partial charge is 0.661 e. The van der Waals surface area contributed by atoms with Crippen LogP contribution in [-0.4, -0.2) is 24.5 Å².